The topological polar surface area (TPSA) is 64.1 Å². The second-order valence-corrected chi connectivity index (χ2v) is 6.27. The molecule has 0 atom stereocenters. The summed E-state index contributed by atoms with van der Waals surface area (Å²) in [6.45, 7) is 7.69. The fourth-order valence-electron chi connectivity index (χ4n) is 2.64. The fraction of sp³-hybridized carbons (Fsp3) is 0.353. The van der Waals surface area contributed by atoms with Gasteiger partial charge in [0.1, 0.15) is 11.4 Å². The van der Waals surface area contributed by atoms with E-state index in [0.717, 1.165) is 17.1 Å². The Morgan fingerprint density at radius 2 is 1.82 bits per heavy atom. The SMILES string of the molecule is Cc1cc(C)nc(Nc2ccc3c(c2)C(=O)CC(C)(C)O3)n1. The number of ether oxygens (including phenoxy) is 1. The molecule has 2 heterocycles. The summed E-state index contributed by atoms with van der Waals surface area (Å²) in [5.41, 5.74) is 2.73. The first-order valence-corrected chi connectivity index (χ1v) is 7.28. The lowest BCUT2D eigenvalue weighted by molar-refractivity contribution is 0.0620. The summed E-state index contributed by atoms with van der Waals surface area (Å²) < 4.78 is 5.85. The van der Waals surface area contributed by atoms with Crippen molar-refractivity contribution in [3.63, 3.8) is 0 Å². The third-order valence-corrected chi connectivity index (χ3v) is 3.49. The molecule has 22 heavy (non-hydrogen) atoms. The summed E-state index contributed by atoms with van der Waals surface area (Å²) in [5, 5.41) is 3.15. The number of rotatable bonds is 2. The van der Waals surface area contributed by atoms with Crippen molar-refractivity contribution >= 4 is 17.4 Å². The Morgan fingerprint density at radius 3 is 2.50 bits per heavy atom. The van der Waals surface area contributed by atoms with Gasteiger partial charge >= 0.3 is 0 Å². The van der Waals surface area contributed by atoms with Crippen molar-refractivity contribution in [2.24, 2.45) is 0 Å². The van der Waals surface area contributed by atoms with Crippen molar-refractivity contribution in [1.29, 1.82) is 0 Å². The van der Waals surface area contributed by atoms with Crippen LogP contribution in [0.3, 0.4) is 0 Å². The average Bonchev–Trinajstić information content (AvgIpc) is 2.37. The molecule has 5 nitrogen and oxygen atoms in total. The monoisotopic (exact) mass is 297 g/mol. The zero-order chi connectivity index (χ0) is 15.9. The molecule has 5 heteroatoms. The van der Waals surface area contributed by atoms with Crippen LogP contribution in [-0.4, -0.2) is 21.4 Å². The molecule has 1 aliphatic heterocycles. The zero-order valence-corrected chi connectivity index (χ0v) is 13.2. The summed E-state index contributed by atoms with van der Waals surface area (Å²) in [5.74, 6) is 1.26. The molecule has 1 aliphatic rings. The van der Waals surface area contributed by atoms with Gasteiger partial charge in [-0.2, -0.15) is 0 Å². The molecule has 1 aromatic carbocycles. The van der Waals surface area contributed by atoms with E-state index in [2.05, 4.69) is 15.3 Å². The normalized spacial score (nSPS) is 15.9. The van der Waals surface area contributed by atoms with E-state index in [1.807, 2.05) is 45.9 Å². The maximum Gasteiger partial charge on any atom is 0.227 e. The van der Waals surface area contributed by atoms with Crippen LogP contribution in [0, 0.1) is 13.8 Å². The number of anilines is 2. The van der Waals surface area contributed by atoms with E-state index < -0.39 is 5.60 Å². The maximum atomic E-state index is 12.3. The average molecular weight is 297 g/mol. The second kappa shape index (κ2) is 5.09. The molecule has 1 N–H and O–H groups in total. The first-order chi connectivity index (χ1) is 10.3. The largest absolute Gasteiger partial charge is 0.487 e. The van der Waals surface area contributed by atoms with Gasteiger partial charge in [-0.25, -0.2) is 9.97 Å². The highest BCUT2D eigenvalue weighted by molar-refractivity contribution is 6.01. The van der Waals surface area contributed by atoms with Crippen LogP contribution in [0.25, 0.3) is 0 Å². The van der Waals surface area contributed by atoms with Crippen molar-refractivity contribution in [3.8, 4) is 5.75 Å². The number of hydrogen-bond donors (Lipinski definition) is 1. The lowest BCUT2D eigenvalue weighted by Crippen LogP contribution is -2.35. The number of aromatic nitrogens is 2. The first kappa shape index (κ1) is 14.5. The van der Waals surface area contributed by atoms with Gasteiger partial charge in [-0.1, -0.05) is 0 Å². The second-order valence-electron chi connectivity index (χ2n) is 6.27. The lowest BCUT2D eigenvalue weighted by Gasteiger charge is -2.31. The highest BCUT2D eigenvalue weighted by Gasteiger charge is 2.32. The fourth-order valence-corrected chi connectivity index (χ4v) is 2.64. The molecular weight excluding hydrogens is 278 g/mol. The number of aryl methyl sites for hydroxylation is 2. The molecule has 0 saturated heterocycles. The van der Waals surface area contributed by atoms with E-state index in [1.165, 1.54) is 0 Å². The first-order valence-electron chi connectivity index (χ1n) is 7.28. The molecule has 0 radical (unpaired) electrons. The van der Waals surface area contributed by atoms with Crippen LogP contribution in [0.1, 0.15) is 42.0 Å². The van der Waals surface area contributed by atoms with Crippen molar-refractivity contribution < 1.29 is 9.53 Å². The Kier molecular flexibility index (Phi) is 3.35. The van der Waals surface area contributed by atoms with E-state index in [-0.39, 0.29) is 5.78 Å². The van der Waals surface area contributed by atoms with Crippen LogP contribution in [0.5, 0.6) is 5.75 Å². The maximum absolute atomic E-state index is 12.3. The van der Waals surface area contributed by atoms with Crippen molar-refractivity contribution in [2.75, 3.05) is 5.32 Å². The predicted molar refractivity (Wildman–Crippen MR) is 84.9 cm³/mol. The highest BCUT2D eigenvalue weighted by Crippen LogP contribution is 2.34. The minimum absolute atomic E-state index is 0.0937. The number of carbonyl (C=O) groups is 1. The van der Waals surface area contributed by atoms with E-state index in [4.69, 9.17) is 4.74 Å². The number of nitrogens with one attached hydrogen (secondary N) is 1. The van der Waals surface area contributed by atoms with Crippen LogP contribution < -0.4 is 10.1 Å². The highest BCUT2D eigenvalue weighted by atomic mass is 16.5. The Morgan fingerprint density at radius 1 is 1.14 bits per heavy atom. The summed E-state index contributed by atoms with van der Waals surface area (Å²) in [6, 6.07) is 7.40. The minimum Gasteiger partial charge on any atom is -0.487 e. The van der Waals surface area contributed by atoms with Crippen LogP contribution >= 0.6 is 0 Å². The number of nitrogens with zero attached hydrogens (tertiary/aromatic N) is 2. The van der Waals surface area contributed by atoms with E-state index >= 15 is 0 Å². The molecule has 1 aromatic heterocycles. The van der Waals surface area contributed by atoms with Gasteiger partial charge in [0.25, 0.3) is 0 Å². The van der Waals surface area contributed by atoms with Gasteiger partial charge in [0, 0.05) is 17.1 Å². The van der Waals surface area contributed by atoms with Gasteiger partial charge in [-0.15, -0.1) is 0 Å². The number of carbonyl (C=O) groups excluding carboxylic acids is 1. The van der Waals surface area contributed by atoms with E-state index in [0.29, 0.717) is 23.7 Å². The van der Waals surface area contributed by atoms with Gasteiger partial charge in [0.2, 0.25) is 5.95 Å². The Balaban J connectivity index is 1.91. The minimum atomic E-state index is -0.449. The van der Waals surface area contributed by atoms with Gasteiger partial charge in [-0.05, 0) is 52.0 Å². The molecule has 0 unspecified atom stereocenters. The van der Waals surface area contributed by atoms with Crippen LogP contribution in [0.4, 0.5) is 11.6 Å². The predicted octanol–water partition coefficient (Wildman–Crippen LogP) is 3.58. The Bertz CT molecular complexity index is 733. The van der Waals surface area contributed by atoms with Gasteiger partial charge in [0.15, 0.2) is 5.78 Å². The third kappa shape index (κ3) is 2.93. The molecule has 0 bridgehead atoms. The van der Waals surface area contributed by atoms with Gasteiger partial charge < -0.3 is 10.1 Å². The standard InChI is InChI=1S/C17H19N3O2/c1-10-7-11(2)19-16(18-10)20-12-5-6-15-13(8-12)14(21)9-17(3,4)22-15/h5-8H,9H2,1-4H3,(H,18,19,20). The summed E-state index contributed by atoms with van der Waals surface area (Å²) in [7, 11) is 0. The summed E-state index contributed by atoms with van der Waals surface area (Å²) in [4.78, 5) is 21.0. The number of hydrogen-bond acceptors (Lipinski definition) is 5. The molecule has 0 fully saturated rings. The van der Waals surface area contributed by atoms with E-state index in [9.17, 15) is 4.79 Å². The van der Waals surface area contributed by atoms with Crippen LogP contribution in [0.2, 0.25) is 0 Å². The molecule has 0 spiro atoms. The Labute approximate surface area is 129 Å². The third-order valence-electron chi connectivity index (χ3n) is 3.49. The smallest absolute Gasteiger partial charge is 0.227 e. The number of Topliss-reactive ketones (excluding diaryl/α,β-unsaturated/α-hetero) is 1. The molecule has 0 amide bonds. The van der Waals surface area contributed by atoms with Crippen LogP contribution in [-0.2, 0) is 0 Å². The quantitative estimate of drug-likeness (QED) is 0.918. The number of fused-ring (bicyclic) bond motifs is 1. The number of ketones is 1. The molecule has 114 valence electrons. The van der Waals surface area contributed by atoms with Crippen molar-refractivity contribution in [3.05, 3.63) is 41.2 Å². The summed E-state index contributed by atoms with van der Waals surface area (Å²) in [6.07, 6.45) is 0.378. The molecule has 3 rings (SSSR count). The molecular formula is C17H19N3O2. The van der Waals surface area contributed by atoms with Crippen molar-refractivity contribution in [2.45, 2.75) is 39.7 Å². The number of benzene rings is 1. The lowest BCUT2D eigenvalue weighted by atomic mass is 9.93. The van der Waals surface area contributed by atoms with Crippen LogP contribution in [0.15, 0.2) is 24.3 Å². The summed E-state index contributed by atoms with van der Waals surface area (Å²) >= 11 is 0. The molecule has 0 saturated carbocycles. The van der Waals surface area contributed by atoms with Crippen molar-refractivity contribution in [1.82, 2.24) is 9.97 Å². The van der Waals surface area contributed by atoms with Gasteiger partial charge in [0.05, 0.1) is 12.0 Å². The van der Waals surface area contributed by atoms with E-state index in [1.54, 1.807) is 6.07 Å². The van der Waals surface area contributed by atoms with Gasteiger partial charge in [-0.3, -0.25) is 4.79 Å². The molecule has 0 aliphatic carbocycles. The molecule has 2 aromatic rings. The Hall–Kier alpha value is -2.43. The zero-order valence-electron chi connectivity index (χ0n) is 13.2.